The molecule has 2 heterocycles. The van der Waals surface area contributed by atoms with E-state index in [1.54, 1.807) is 31.0 Å². The topological polar surface area (TPSA) is 68.9 Å². The zero-order chi connectivity index (χ0) is 19.0. The van der Waals surface area contributed by atoms with Crippen molar-refractivity contribution in [1.82, 2.24) is 14.6 Å². The molecule has 6 heteroatoms. The number of phenolic OH excluding ortho intramolecular Hbond substituents is 1. The highest BCUT2D eigenvalue weighted by Gasteiger charge is 2.18. The van der Waals surface area contributed by atoms with Crippen molar-refractivity contribution in [3.05, 3.63) is 60.4 Å². The van der Waals surface area contributed by atoms with E-state index in [0.29, 0.717) is 11.3 Å². The van der Waals surface area contributed by atoms with Gasteiger partial charge in [0.2, 0.25) is 0 Å². The summed E-state index contributed by atoms with van der Waals surface area (Å²) in [4.78, 5) is 4.53. The van der Waals surface area contributed by atoms with Crippen LogP contribution in [-0.2, 0) is 0 Å². The van der Waals surface area contributed by atoms with Crippen molar-refractivity contribution in [1.29, 1.82) is 0 Å². The third kappa shape index (κ3) is 2.95. The Labute approximate surface area is 156 Å². The van der Waals surface area contributed by atoms with Gasteiger partial charge in [0.05, 0.1) is 25.6 Å². The first kappa shape index (κ1) is 16.9. The molecule has 6 nitrogen and oxygen atoms in total. The van der Waals surface area contributed by atoms with E-state index >= 15 is 0 Å². The van der Waals surface area contributed by atoms with Gasteiger partial charge in [-0.15, -0.1) is 0 Å². The van der Waals surface area contributed by atoms with Gasteiger partial charge in [0, 0.05) is 29.5 Å². The number of fused-ring (bicyclic) bond motifs is 1. The monoisotopic (exact) mass is 361 g/mol. The van der Waals surface area contributed by atoms with E-state index < -0.39 is 0 Å². The van der Waals surface area contributed by atoms with Crippen molar-refractivity contribution in [2.75, 3.05) is 14.2 Å². The van der Waals surface area contributed by atoms with Crippen molar-refractivity contribution in [3.63, 3.8) is 0 Å². The molecular formula is C21H19N3O3. The van der Waals surface area contributed by atoms with Crippen LogP contribution in [0.5, 0.6) is 17.2 Å². The average molecular weight is 361 g/mol. The first-order valence-corrected chi connectivity index (χ1v) is 8.48. The van der Waals surface area contributed by atoms with Crippen LogP contribution in [0.1, 0.15) is 5.69 Å². The molecule has 0 aliphatic heterocycles. The second-order valence-corrected chi connectivity index (χ2v) is 6.19. The van der Waals surface area contributed by atoms with Crippen LogP contribution in [0.2, 0.25) is 0 Å². The van der Waals surface area contributed by atoms with Crippen LogP contribution >= 0.6 is 0 Å². The molecule has 4 aromatic rings. The number of methoxy groups -OCH3 is 2. The van der Waals surface area contributed by atoms with E-state index in [2.05, 4.69) is 10.1 Å². The molecule has 1 N–H and O–H groups in total. The van der Waals surface area contributed by atoms with Crippen molar-refractivity contribution in [2.45, 2.75) is 6.92 Å². The molecule has 4 rings (SSSR count). The summed E-state index contributed by atoms with van der Waals surface area (Å²) in [5.41, 5.74) is 4.78. The van der Waals surface area contributed by atoms with E-state index in [9.17, 15) is 5.11 Å². The Morgan fingerprint density at radius 3 is 2.26 bits per heavy atom. The van der Waals surface area contributed by atoms with Gasteiger partial charge in [-0.05, 0) is 36.8 Å². The van der Waals surface area contributed by atoms with Crippen LogP contribution in [0.15, 0.2) is 54.7 Å². The number of ether oxygens (including phenoxy) is 2. The Balaban J connectivity index is 2.00. The summed E-state index contributed by atoms with van der Waals surface area (Å²) in [6.07, 6.45) is 1.80. The molecule has 0 saturated heterocycles. The van der Waals surface area contributed by atoms with E-state index in [4.69, 9.17) is 9.47 Å². The number of hydrogen-bond donors (Lipinski definition) is 1. The van der Waals surface area contributed by atoms with Gasteiger partial charge >= 0.3 is 0 Å². The zero-order valence-electron chi connectivity index (χ0n) is 15.3. The summed E-state index contributed by atoms with van der Waals surface area (Å²) in [5, 5.41) is 15.2. The predicted molar refractivity (Wildman–Crippen MR) is 103 cm³/mol. The molecule has 0 radical (unpaired) electrons. The minimum absolute atomic E-state index is 0.116. The predicted octanol–water partition coefficient (Wildman–Crippen LogP) is 4.09. The van der Waals surface area contributed by atoms with Gasteiger partial charge in [0.25, 0.3) is 0 Å². The second kappa shape index (κ2) is 6.64. The van der Waals surface area contributed by atoms with Crippen molar-refractivity contribution in [2.24, 2.45) is 0 Å². The fourth-order valence-electron chi connectivity index (χ4n) is 3.13. The molecule has 0 aliphatic rings. The van der Waals surface area contributed by atoms with Crippen LogP contribution in [0, 0.1) is 6.92 Å². The lowest BCUT2D eigenvalue weighted by Gasteiger charge is -2.14. The molecule has 0 aliphatic carbocycles. The van der Waals surface area contributed by atoms with Gasteiger partial charge in [0.1, 0.15) is 17.2 Å². The molecule has 0 spiro atoms. The van der Waals surface area contributed by atoms with E-state index in [1.807, 2.05) is 49.4 Å². The Hall–Kier alpha value is -3.54. The summed E-state index contributed by atoms with van der Waals surface area (Å²) in [6, 6.07) is 14.8. The molecule has 136 valence electrons. The summed E-state index contributed by atoms with van der Waals surface area (Å²) in [7, 11) is 3.20. The minimum Gasteiger partial charge on any atom is -0.507 e. The van der Waals surface area contributed by atoms with Gasteiger partial charge in [-0.25, -0.2) is 9.50 Å². The highest BCUT2D eigenvalue weighted by molar-refractivity contribution is 5.85. The van der Waals surface area contributed by atoms with E-state index in [1.165, 1.54) is 0 Å². The van der Waals surface area contributed by atoms with E-state index in [-0.39, 0.29) is 5.75 Å². The number of benzene rings is 2. The molecular weight excluding hydrogens is 342 g/mol. The number of aryl methyl sites for hydroxylation is 1. The lowest BCUT2D eigenvalue weighted by molar-refractivity contribution is 0.408. The summed E-state index contributed by atoms with van der Waals surface area (Å²) in [6.45, 7) is 1.92. The maximum atomic E-state index is 10.6. The number of aromatic nitrogens is 3. The molecule has 0 atom stereocenters. The molecule has 2 aromatic carbocycles. The normalized spacial score (nSPS) is 10.9. The third-order valence-corrected chi connectivity index (χ3v) is 4.47. The average Bonchev–Trinajstić information content (AvgIpc) is 3.07. The fraction of sp³-hybridized carbons (Fsp3) is 0.143. The van der Waals surface area contributed by atoms with Crippen molar-refractivity contribution in [3.8, 4) is 39.6 Å². The van der Waals surface area contributed by atoms with Crippen LogP contribution < -0.4 is 9.47 Å². The number of phenols is 1. The number of aromatic hydroxyl groups is 1. The Morgan fingerprint density at radius 2 is 1.59 bits per heavy atom. The number of rotatable bonds is 4. The Morgan fingerprint density at radius 1 is 0.889 bits per heavy atom. The highest BCUT2D eigenvalue weighted by Crippen LogP contribution is 2.38. The maximum absolute atomic E-state index is 10.6. The van der Waals surface area contributed by atoms with Crippen LogP contribution in [0.4, 0.5) is 0 Å². The summed E-state index contributed by atoms with van der Waals surface area (Å²) < 4.78 is 12.2. The number of hydrogen-bond acceptors (Lipinski definition) is 5. The molecule has 0 bridgehead atoms. The van der Waals surface area contributed by atoms with Gasteiger partial charge in [-0.2, -0.15) is 5.10 Å². The van der Waals surface area contributed by atoms with Crippen molar-refractivity contribution < 1.29 is 14.6 Å². The lowest BCUT2D eigenvalue weighted by Crippen LogP contribution is -2.00. The zero-order valence-corrected chi connectivity index (χ0v) is 15.3. The minimum atomic E-state index is 0.116. The van der Waals surface area contributed by atoms with Crippen molar-refractivity contribution >= 4 is 5.65 Å². The molecule has 27 heavy (non-hydrogen) atoms. The third-order valence-electron chi connectivity index (χ3n) is 4.47. The van der Waals surface area contributed by atoms with Gasteiger partial charge in [0.15, 0.2) is 5.65 Å². The van der Waals surface area contributed by atoms with Gasteiger partial charge < -0.3 is 14.6 Å². The standard InChI is InChI=1S/C21H19N3O3/c1-13-10-20-22-12-18(14-4-6-15(26-2)7-5-14)21(24(20)23-13)17-9-8-16(27-3)11-19(17)25/h4-12,25H,1-3H3. The number of nitrogens with zero attached hydrogens (tertiary/aromatic N) is 3. The lowest BCUT2D eigenvalue weighted by atomic mass is 10.00. The van der Waals surface area contributed by atoms with Crippen LogP contribution in [-0.4, -0.2) is 33.9 Å². The van der Waals surface area contributed by atoms with Gasteiger partial charge in [-0.1, -0.05) is 12.1 Å². The first-order chi connectivity index (χ1) is 13.1. The smallest absolute Gasteiger partial charge is 0.155 e. The quantitative estimate of drug-likeness (QED) is 0.593. The highest BCUT2D eigenvalue weighted by atomic mass is 16.5. The molecule has 2 aromatic heterocycles. The Kier molecular flexibility index (Phi) is 4.16. The summed E-state index contributed by atoms with van der Waals surface area (Å²) in [5.74, 6) is 1.48. The first-order valence-electron chi connectivity index (χ1n) is 8.48. The van der Waals surface area contributed by atoms with Crippen LogP contribution in [0.3, 0.4) is 0 Å². The molecule has 0 saturated carbocycles. The van der Waals surface area contributed by atoms with Crippen LogP contribution in [0.25, 0.3) is 28.0 Å². The summed E-state index contributed by atoms with van der Waals surface area (Å²) >= 11 is 0. The molecule has 0 fully saturated rings. The molecule has 0 amide bonds. The molecule has 0 unspecified atom stereocenters. The maximum Gasteiger partial charge on any atom is 0.155 e. The van der Waals surface area contributed by atoms with Gasteiger partial charge in [-0.3, -0.25) is 0 Å². The second-order valence-electron chi connectivity index (χ2n) is 6.19. The largest absolute Gasteiger partial charge is 0.507 e. The SMILES string of the molecule is COc1ccc(-c2cnc3cc(C)nn3c2-c2ccc(OC)cc2O)cc1. The van der Waals surface area contributed by atoms with E-state index in [0.717, 1.165) is 33.9 Å². The fourth-order valence-corrected chi connectivity index (χ4v) is 3.13. The Bertz CT molecular complexity index is 1120.